The van der Waals surface area contributed by atoms with Gasteiger partial charge in [-0.05, 0) is 36.2 Å². The van der Waals surface area contributed by atoms with Gasteiger partial charge >= 0.3 is 0 Å². The minimum absolute atomic E-state index is 0.0118. The first kappa shape index (κ1) is 18.6. The van der Waals surface area contributed by atoms with E-state index in [0.717, 1.165) is 30.8 Å². The number of imide groups is 1. The lowest BCUT2D eigenvalue weighted by atomic mass is 10.1. The number of benzene rings is 2. The quantitative estimate of drug-likeness (QED) is 0.744. The molecule has 5 nitrogen and oxygen atoms in total. The van der Waals surface area contributed by atoms with Crippen LogP contribution >= 0.6 is 11.6 Å². The van der Waals surface area contributed by atoms with E-state index in [0.29, 0.717) is 24.5 Å². The number of nitrogens with zero attached hydrogens (tertiary/aromatic N) is 3. The summed E-state index contributed by atoms with van der Waals surface area (Å²) >= 11 is 6.33. The second-order valence-electron chi connectivity index (χ2n) is 6.94. The third-order valence-electron chi connectivity index (χ3n) is 5.32. The molecule has 0 spiro atoms. The van der Waals surface area contributed by atoms with Gasteiger partial charge in [0.15, 0.2) is 0 Å². The van der Waals surface area contributed by atoms with Crippen molar-refractivity contribution >= 4 is 34.8 Å². The van der Waals surface area contributed by atoms with Crippen LogP contribution in [0, 0.1) is 0 Å². The van der Waals surface area contributed by atoms with Crippen LogP contribution in [-0.4, -0.2) is 42.9 Å². The first-order valence-electron chi connectivity index (χ1n) is 9.52. The Balaban J connectivity index is 1.50. The van der Waals surface area contributed by atoms with Crippen LogP contribution < -0.4 is 9.80 Å². The standard InChI is InChI=1S/C22H22ClN3O2/c1-2-16-8-10-18(11-9-16)26-21(27)19(23)20(22(26)28)25-14-12-24(13-15-25)17-6-4-3-5-7-17/h3-11H,2,12-15H2,1H3. The van der Waals surface area contributed by atoms with Crippen molar-refractivity contribution in [1.82, 2.24) is 4.90 Å². The van der Waals surface area contributed by atoms with Gasteiger partial charge in [0, 0.05) is 31.9 Å². The van der Waals surface area contributed by atoms with E-state index in [1.165, 1.54) is 4.90 Å². The summed E-state index contributed by atoms with van der Waals surface area (Å²) in [6, 6.07) is 17.6. The number of hydrogen-bond donors (Lipinski definition) is 0. The van der Waals surface area contributed by atoms with E-state index in [4.69, 9.17) is 11.6 Å². The number of hydrogen-bond acceptors (Lipinski definition) is 4. The highest BCUT2D eigenvalue weighted by atomic mass is 35.5. The monoisotopic (exact) mass is 395 g/mol. The smallest absolute Gasteiger partial charge is 0.283 e. The average Bonchev–Trinajstić information content (AvgIpc) is 2.97. The lowest BCUT2D eigenvalue weighted by Gasteiger charge is -2.37. The van der Waals surface area contributed by atoms with Crippen molar-refractivity contribution in [1.29, 1.82) is 0 Å². The van der Waals surface area contributed by atoms with E-state index in [9.17, 15) is 9.59 Å². The van der Waals surface area contributed by atoms with Crippen LogP contribution in [0.2, 0.25) is 0 Å². The summed E-state index contributed by atoms with van der Waals surface area (Å²) in [6.45, 7) is 4.88. The largest absolute Gasteiger partial charge is 0.368 e. The van der Waals surface area contributed by atoms with Gasteiger partial charge in [0.05, 0.1) is 5.69 Å². The molecule has 144 valence electrons. The fraction of sp³-hybridized carbons (Fsp3) is 0.273. The highest BCUT2D eigenvalue weighted by Gasteiger charge is 2.41. The summed E-state index contributed by atoms with van der Waals surface area (Å²) in [5.74, 6) is -0.788. The average molecular weight is 396 g/mol. The van der Waals surface area contributed by atoms with E-state index in [2.05, 4.69) is 24.0 Å². The molecule has 2 aromatic carbocycles. The molecule has 2 amide bonds. The molecule has 2 aliphatic rings. The molecule has 0 N–H and O–H groups in total. The highest BCUT2D eigenvalue weighted by molar-refractivity contribution is 6.52. The number of anilines is 2. The molecule has 0 atom stereocenters. The maximum atomic E-state index is 13.0. The molecule has 0 unspecified atom stereocenters. The van der Waals surface area contributed by atoms with Crippen LogP contribution in [0.3, 0.4) is 0 Å². The zero-order valence-corrected chi connectivity index (χ0v) is 16.5. The molecule has 1 fully saturated rings. The molecule has 0 aromatic heterocycles. The van der Waals surface area contributed by atoms with E-state index >= 15 is 0 Å². The molecule has 28 heavy (non-hydrogen) atoms. The summed E-state index contributed by atoms with van der Waals surface area (Å²) in [4.78, 5) is 31.1. The van der Waals surface area contributed by atoms with Crippen molar-refractivity contribution in [3.8, 4) is 0 Å². The Kier molecular flexibility index (Phi) is 5.09. The number of halogens is 1. The number of para-hydroxylation sites is 1. The predicted molar refractivity (Wildman–Crippen MR) is 111 cm³/mol. The van der Waals surface area contributed by atoms with Gasteiger partial charge in [-0.1, -0.05) is 48.9 Å². The van der Waals surface area contributed by atoms with Crippen LogP contribution in [0.15, 0.2) is 65.3 Å². The molecular weight excluding hydrogens is 374 g/mol. The molecule has 2 aromatic rings. The summed E-state index contributed by atoms with van der Waals surface area (Å²) in [7, 11) is 0. The SMILES string of the molecule is CCc1ccc(N2C(=O)C(Cl)=C(N3CCN(c4ccccc4)CC3)C2=O)cc1. The summed E-state index contributed by atoms with van der Waals surface area (Å²) in [5, 5.41) is 0.0118. The van der Waals surface area contributed by atoms with Crippen LogP contribution in [0.5, 0.6) is 0 Å². The number of rotatable bonds is 4. The van der Waals surface area contributed by atoms with Gasteiger partial charge in [-0.25, -0.2) is 4.90 Å². The van der Waals surface area contributed by atoms with E-state index in [1.54, 1.807) is 12.1 Å². The second kappa shape index (κ2) is 7.68. The Bertz CT molecular complexity index is 917. The minimum atomic E-state index is -0.448. The van der Waals surface area contributed by atoms with Crippen LogP contribution in [0.4, 0.5) is 11.4 Å². The van der Waals surface area contributed by atoms with Gasteiger partial charge < -0.3 is 9.80 Å². The Morgan fingerprint density at radius 3 is 2.00 bits per heavy atom. The number of carbonyl (C=O) groups excluding carboxylic acids is 2. The summed E-state index contributed by atoms with van der Waals surface area (Å²) in [5.41, 5.74) is 3.19. The van der Waals surface area contributed by atoms with Crippen molar-refractivity contribution in [2.75, 3.05) is 36.0 Å². The molecule has 6 heteroatoms. The molecule has 0 aliphatic carbocycles. The third kappa shape index (κ3) is 3.27. The van der Waals surface area contributed by atoms with Gasteiger partial charge in [0.25, 0.3) is 11.8 Å². The predicted octanol–water partition coefficient (Wildman–Crippen LogP) is 3.39. The first-order chi connectivity index (χ1) is 13.6. The van der Waals surface area contributed by atoms with E-state index in [-0.39, 0.29) is 10.9 Å². The maximum Gasteiger partial charge on any atom is 0.283 e. The highest BCUT2D eigenvalue weighted by Crippen LogP contribution is 2.32. The first-order valence-corrected chi connectivity index (χ1v) is 9.90. The van der Waals surface area contributed by atoms with Gasteiger partial charge in [-0.15, -0.1) is 0 Å². The van der Waals surface area contributed by atoms with E-state index in [1.807, 2.05) is 35.2 Å². The van der Waals surface area contributed by atoms with Gasteiger partial charge in [-0.3, -0.25) is 9.59 Å². The topological polar surface area (TPSA) is 43.9 Å². The van der Waals surface area contributed by atoms with Gasteiger partial charge in [0.1, 0.15) is 10.7 Å². The minimum Gasteiger partial charge on any atom is -0.368 e. The van der Waals surface area contributed by atoms with Gasteiger partial charge in [0.2, 0.25) is 0 Å². The zero-order valence-electron chi connectivity index (χ0n) is 15.8. The molecule has 2 heterocycles. The molecule has 0 radical (unpaired) electrons. The fourth-order valence-electron chi connectivity index (χ4n) is 3.71. The Morgan fingerprint density at radius 1 is 0.786 bits per heavy atom. The molecule has 1 saturated heterocycles. The second-order valence-corrected chi connectivity index (χ2v) is 7.32. The number of carbonyl (C=O) groups is 2. The maximum absolute atomic E-state index is 13.0. The van der Waals surface area contributed by atoms with Crippen molar-refractivity contribution in [3.63, 3.8) is 0 Å². The van der Waals surface area contributed by atoms with Crippen molar-refractivity contribution < 1.29 is 9.59 Å². The normalized spacial score (nSPS) is 17.7. The lowest BCUT2D eigenvalue weighted by molar-refractivity contribution is -0.121. The Labute approximate surface area is 169 Å². The number of amides is 2. The fourth-order valence-corrected chi connectivity index (χ4v) is 3.99. The summed E-state index contributed by atoms with van der Waals surface area (Å²) < 4.78 is 0. The third-order valence-corrected chi connectivity index (χ3v) is 5.67. The molecule has 2 aliphatic heterocycles. The van der Waals surface area contributed by atoms with Crippen molar-refractivity contribution in [2.24, 2.45) is 0 Å². The zero-order chi connectivity index (χ0) is 19.7. The van der Waals surface area contributed by atoms with Crippen LogP contribution in [0.1, 0.15) is 12.5 Å². The molecule has 0 bridgehead atoms. The van der Waals surface area contributed by atoms with Crippen LogP contribution in [-0.2, 0) is 16.0 Å². The summed E-state index contributed by atoms with van der Waals surface area (Å²) in [6.07, 6.45) is 0.901. The molecule has 0 saturated carbocycles. The molecule has 4 rings (SSSR count). The lowest BCUT2D eigenvalue weighted by Crippen LogP contribution is -2.47. The van der Waals surface area contributed by atoms with E-state index < -0.39 is 5.91 Å². The molecular formula is C22H22ClN3O2. The Morgan fingerprint density at radius 2 is 1.39 bits per heavy atom. The number of piperazine rings is 1. The number of aryl methyl sites for hydroxylation is 1. The van der Waals surface area contributed by atoms with Crippen molar-refractivity contribution in [2.45, 2.75) is 13.3 Å². The van der Waals surface area contributed by atoms with Gasteiger partial charge in [-0.2, -0.15) is 0 Å². The van der Waals surface area contributed by atoms with Crippen LogP contribution in [0.25, 0.3) is 0 Å². The Hall–Kier alpha value is -2.79. The van der Waals surface area contributed by atoms with Crippen molar-refractivity contribution in [3.05, 3.63) is 70.9 Å².